The molecule has 0 saturated carbocycles. The van der Waals surface area contributed by atoms with Crippen LogP contribution in [0.2, 0.25) is 0 Å². The molecule has 0 unspecified atom stereocenters. The number of pyridine rings is 1. The molecule has 0 atom stereocenters. The van der Waals surface area contributed by atoms with Crippen LogP contribution in [0.1, 0.15) is 16.1 Å². The number of carboxylic acid groups (broad SMARTS) is 1. The van der Waals surface area contributed by atoms with Crippen molar-refractivity contribution in [1.82, 2.24) is 14.6 Å². The summed E-state index contributed by atoms with van der Waals surface area (Å²) in [5.41, 5.74) is 3.57. The number of hydrogen-bond acceptors (Lipinski definition) is 3. The molecule has 0 fully saturated rings. The predicted octanol–water partition coefficient (Wildman–Crippen LogP) is 2.40. The fraction of sp³-hybridized carbons (Fsp3) is 0.0714. The number of hydrogen-bond donors (Lipinski definition) is 1. The summed E-state index contributed by atoms with van der Waals surface area (Å²) in [4.78, 5) is 11.3. The van der Waals surface area contributed by atoms with Crippen LogP contribution in [0, 0.1) is 6.92 Å². The molecule has 0 spiro atoms. The zero-order chi connectivity index (χ0) is 13.4. The lowest BCUT2D eigenvalue weighted by molar-refractivity contribution is 0.0697. The topological polar surface area (TPSA) is 67.5 Å². The second-order valence-corrected chi connectivity index (χ2v) is 4.27. The average molecular weight is 253 g/mol. The van der Waals surface area contributed by atoms with Crippen molar-refractivity contribution in [3.05, 3.63) is 54.0 Å². The molecular weight excluding hydrogens is 242 g/mol. The smallest absolute Gasteiger partial charge is 0.338 e. The van der Waals surface area contributed by atoms with Crippen molar-refractivity contribution in [2.24, 2.45) is 0 Å². The van der Waals surface area contributed by atoms with Gasteiger partial charge in [0.1, 0.15) is 0 Å². The number of aromatic carboxylic acids is 1. The van der Waals surface area contributed by atoms with E-state index in [1.807, 2.05) is 41.7 Å². The Labute approximate surface area is 109 Å². The van der Waals surface area contributed by atoms with Crippen LogP contribution in [0.3, 0.4) is 0 Å². The summed E-state index contributed by atoms with van der Waals surface area (Å²) in [6.07, 6.45) is 2.76. The van der Waals surface area contributed by atoms with Crippen molar-refractivity contribution in [1.29, 1.82) is 0 Å². The second-order valence-electron chi connectivity index (χ2n) is 4.27. The van der Waals surface area contributed by atoms with Crippen LogP contribution in [0.5, 0.6) is 0 Å². The number of nitrogens with zero attached hydrogens (tertiary/aromatic N) is 3. The van der Waals surface area contributed by atoms with Crippen LogP contribution in [-0.2, 0) is 0 Å². The molecule has 94 valence electrons. The number of rotatable bonds is 2. The van der Waals surface area contributed by atoms with Crippen LogP contribution >= 0.6 is 0 Å². The first-order valence-electron chi connectivity index (χ1n) is 5.80. The van der Waals surface area contributed by atoms with Crippen LogP contribution < -0.4 is 0 Å². The van der Waals surface area contributed by atoms with Crippen LogP contribution in [-0.4, -0.2) is 25.7 Å². The summed E-state index contributed by atoms with van der Waals surface area (Å²) in [5, 5.41) is 16.7. The van der Waals surface area contributed by atoms with E-state index < -0.39 is 5.97 Å². The molecule has 19 heavy (non-hydrogen) atoms. The van der Waals surface area contributed by atoms with Gasteiger partial charge in [-0.1, -0.05) is 6.07 Å². The highest BCUT2D eigenvalue weighted by atomic mass is 16.4. The Bertz CT molecular complexity index is 777. The molecule has 0 saturated heterocycles. The largest absolute Gasteiger partial charge is 0.478 e. The fourth-order valence-electron chi connectivity index (χ4n) is 2.24. The Morgan fingerprint density at radius 1 is 1.16 bits per heavy atom. The first-order chi connectivity index (χ1) is 9.18. The predicted molar refractivity (Wildman–Crippen MR) is 70.1 cm³/mol. The second kappa shape index (κ2) is 4.20. The molecule has 0 aliphatic rings. The quantitative estimate of drug-likeness (QED) is 0.761. The summed E-state index contributed by atoms with van der Waals surface area (Å²) in [7, 11) is 0. The zero-order valence-corrected chi connectivity index (χ0v) is 10.2. The van der Waals surface area contributed by atoms with E-state index in [1.54, 1.807) is 0 Å². The van der Waals surface area contributed by atoms with Gasteiger partial charge < -0.3 is 9.51 Å². The van der Waals surface area contributed by atoms with Crippen molar-refractivity contribution >= 4 is 11.5 Å². The molecule has 0 radical (unpaired) electrons. The highest BCUT2D eigenvalue weighted by Gasteiger charge is 2.15. The molecule has 3 rings (SSSR count). The van der Waals surface area contributed by atoms with Crippen molar-refractivity contribution in [3.63, 3.8) is 0 Å². The Kier molecular flexibility index (Phi) is 2.52. The average Bonchev–Trinajstić information content (AvgIpc) is 2.84. The fourth-order valence-corrected chi connectivity index (χ4v) is 2.24. The summed E-state index contributed by atoms with van der Waals surface area (Å²) in [6.45, 7) is 1.98. The van der Waals surface area contributed by atoms with Gasteiger partial charge in [-0.3, -0.25) is 0 Å². The molecule has 0 aliphatic heterocycles. The first-order valence-corrected chi connectivity index (χ1v) is 5.80. The molecule has 3 aromatic heterocycles. The van der Waals surface area contributed by atoms with Gasteiger partial charge in [-0.25, -0.2) is 4.79 Å². The SMILES string of the molecule is Cc1cccc2ccc(-c3cnncc3C(=O)O)n12. The van der Waals surface area contributed by atoms with Crippen LogP contribution in [0.25, 0.3) is 16.8 Å². The molecule has 5 nitrogen and oxygen atoms in total. The van der Waals surface area contributed by atoms with Gasteiger partial charge in [-0.2, -0.15) is 10.2 Å². The molecule has 0 aromatic carbocycles. The lowest BCUT2D eigenvalue weighted by Crippen LogP contribution is -2.03. The van der Waals surface area contributed by atoms with Gasteiger partial charge in [0.05, 0.1) is 23.7 Å². The third kappa shape index (κ3) is 1.76. The number of fused-ring (bicyclic) bond motifs is 1. The van der Waals surface area contributed by atoms with Crippen molar-refractivity contribution in [2.75, 3.05) is 0 Å². The Hall–Kier alpha value is -2.69. The zero-order valence-electron chi connectivity index (χ0n) is 10.2. The summed E-state index contributed by atoms with van der Waals surface area (Å²) in [5.74, 6) is -1.01. The monoisotopic (exact) mass is 253 g/mol. The van der Waals surface area contributed by atoms with Gasteiger partial charge >= 0.3 is 5.97 Å². The molecule has 0 bridgehead atoms. The van der Waals surface area contributed by atoms with E-state index in [2.05, 4.69) is 10.2 Å². The van der Waals surface area contributed by atoms with Crippen LogP contribution in [0.4, 0.5) is 0 Å². The lowest BCUT2D eigenvalue weighted by Gasteiger charge is -2.08. The Balaban J connectivity index is 2.34. The van der Waals surface area contributed by atoms with Crippen molar-refractivity contribution < 1.29 is 9.90 Å². The van der Waals surface area contributed by atoms with E-state index in [-0.39, 0.29) is 5.56 Å². The van der Waals surface area contributed by atoms with E-state index in [0.29, 0.717) is 5.56 Å². The van der Waals surface area contributed by atoms with Crippen molar-refractivity contribution in [2.45, 2.75) is 6.92 Å². The third-order valence-corrected chi connectivity index (χ3v) is 3.11. The number of carboxylic acids is 1. The molecule has 1 N–H and O–H groups in total. The highest BCUT2D eigenvalue weighted by Crippen LogP contribution is 2.26. The Morgan fingerprint density at radius 2 is 1.95 bits per heavy atom. The van der Waals surface area contributed by atoms with E-state index in [0.717, 1.165) is 16.9 Å². The number of aryl methyl sites for hydroxylation is 1. The maximum atomic E-state index is 11.3. The number of aromatic nitrogens is 3. The first kappa shape index (κ1) is 11.4. The molecule has 3 heterocycles. The van der Waals surface area contributed by atoms with E-state index in [9.17, 15) is 9.90 Å². The van der Waals surface area contributed by atoms with Gasteiger partial charge in [-0.15, -0.1) is 0 Å². The van der Waals surface area contributed by atoms with E-state index >= 15 is 0 Å². The third-order valence-electron chi connectivity index (χ3n) is 3.11. The van der Waals surface area contributed by atoms with Crippen LogP contribution in [0.15, 0.2) is 42.7 Å². The minimum absolute atomic E-state index is 0.151. The van der Waals surface area contributed by atoms with Gasteiger partial charge in [0.2, 0.25) is 0 Å². The molecular formula is C14H11N3O2. The molecule has 3 aromatic rings. The maximum absolute atomic E-state index is 11.3. The van der Waals surface area contributed by atoms with Gasteiger partial charge in [0.25, 0.3) is 0 Å². The van der Waals surface area contributed by atoms with Gasteiger partial charge in [0.15, 0.2) is 0 Å². The van der Waals surface area contributed by atoms with E-state index in [4.69, 9.17) is 0 Å². The summed E-state index contributed by atoms with van der Waals surface area (Å²) in [6, 6.07) is 9.77. The van der Waals surface area contributed by atoms with Crippen molar-refractivity contribution in [3.8, 4) is 11.3 Å². The van der Waals surface area contributed by atoms with Gasteiger partial charge in [-0.05, 0) is 31.2 Å². The maximum Gasteiger partial charge on any atom is 0.338 e. The summed E-state index contributed by atoms with van der Waals surface area (Å²) < 4.78 is 2.00. The number of carbonyl (C=O) groups is 1. The lowest BCUT2D eigenvalue weighted by atomic mass is 10.1. The molecule has 0 aliphatic carbocycles. The standard InChI is InChI=1S/C14H11N3O2/c1-9-3-2-4-10-5-6-13(17(9)10)11-7-15-16-8-12(11)14(18)19/h2-8H,1H3,(H,18,19). The minimum atomic E-state index is -1.01. The van der Waals surface area contributed by atoms with Gasteiger partial charge in [0, 0.05) is 16.8 Å². The molecule has 0 amide bonds. The summed E-state index contributed by atoms with van der Waals surface area (Å²) >= 11 is 0. The Morgan fingerprint density at radius 3 is 2.74 bits per heavy atom. The molecule has 5 heteroatoms. The normalized spacial score (nSPS) is 10.8. The van der Waals surface area contributed by atoms with E-state index in [1.165, 1.54) is 12.4 Å². The highest BCUT2D eigenvalue weighted by molar-refractivity contribution is 5.95. The minimum Gasteiger partial charge on any atom is -0.478 e.